The van der Waals surface area contributed by atoms with Crippen molar-refractivity contribution >= 4 is 19.8 Å². The van der Waals surface area contributed by atoms with Crippen molar-refractivity contribution in [2.24, 2.45) is 0 Å². The van der Waals surface area contributed by atoms with Gasteiger partial charge < -0.3 is 27.9 Å². The minimum absolute atomic E-state index is 0.0434. The van der Waals surface area contributed by atoms with Crippen molar-refractivity contribution in [1.29, 1.82) is 0 Å². The lowest BCUT2D eigenvalue weighted by molar-refractivity contribution is -0.870. The molecule has 92 heavy (non-hydrogen) atoms. The van der Waals surface area contributed by atoms with E-state index in [1.54, 1.807) is 0 Å². The predicted molar refractivity (Wildman–Crippen MR) is 396 cm³/mol. The molecule has 0 aliphatic heterocycles. The lowest BCUT2D eigenvalue weighted by Gasteiger charge is -2.28. The second-order valence-electron chi connectivity index (χ2n) is 24.5. The topological polar surface area (TPSA) is 111 Å². The lowest BCUT2D eigenvalue weighted by atomic mass is 10.0. The zero-order chi connectivity index (χ0) is 66.9. The van der Waals surface area contributed by atoms with Crippen molar-refractivity contribution < 1.29 is 42.1 Å². The Morgan fingerprint density at radius 1 is 0.337 bits per heavy atom. The van der Waals surface area contributed by atoms with Crippen LogP contribution in [0.2, 0.25) is 0 Å². The average Bonchev–Trinajstić information content (AvgIpc) is 2.14. The summed E-state index contributed by atoms with van der Waals surface area (Å²) < 4.78 is 34.3. The number of phosphoric acid groups is 1. The van der Waals surface area contributed by atoms with Crippen LogP contribution in [0.5, 0.6) is 0 Å². The number of unbranched alkanes of at least 4 members (excludes halogenated alkanes) is 18. The molecule has 0 fully saturated rings. The number of carbonyl (C=O) groups excluding carboxylic acids is 2. The van der Waals surface area contributed by atoms with Gasteiger partial charge in [0.2, 0.25) is 0 Å². The number of hydrogen-bond acceptors (Lipinski definition) is 8. The molecule has 0 saturated carbocycles. The average molecular weight is 1290 g/mol. The second kappa shape index (κ2) is 70.2. The number of phosphoric ester groups is 1. The van der Waals surface area contributed by atoms with Crippen LogP contribution in [0, 0.1) is 0 Å². The number of likely N-dealkylation sites (N-methyl/N-ethyl adjacent to an activating group) is 1. The fourth-order valence-electron chi connectivity index (χ4n) is 9.16. The summed E-state index contributed by atoms with van der Waals surface area (Å²) in [4.78, 5) is 38.1. The molecule has 0 N–H and O–H groups in total. The van der Waals surface area contributed by atoms with Gasteiger partial charge in [-0.1, -0.05) is 298 Å². The van der Waals surface area contributed by atoms with Crippen LogP contribution in [0.1, 0.15) is 258 Å². The first-order valence-electron chi connectivity index (χ1n) is 36.1. The van der Waals surface area contributed by atoms with E-state index < -0.39 is 32.5 Å². The minimum atomic E-state index is -4.66. The molecule has 10 heteroatoms. The van der Waals surface area contributed by atoms with E-state index in [1.807, 2.05) is 21.1 Å². The van der Waals surface area contributed by atoms with Crippen LogP contribution in [0.25, 0.3) is 0 Å². The normalized spacial score (nSPS) is 14.3. The first kappa shape index (κ1) is 86.9. The SMILES string of the molecule is CC/C=C\C/C=C\C/C=C\C/C=C\C/C=C\C/C=C\C/C=C\C/C=C\CCCCCCCCCCCCC(=O)OC(COC(=O)CCCCCCCCCC/C=C\C/C=C\C/C=C\C/C=C\C/C=C\C/C=C\C/C=C\C/C=C\CC)COP(=O)([O-])OCC[N+](C)(C)C. The Hall–Kier alpha value is -5.15. The number of hydrogen-bond donors (Lipinski definition) is 0. The van der Waals surface area contributed by atoms with Gasteiger partial charge in [0, 0.05) is 12.8 Å². The summed E-state index contributed by atoms with van der Waals surface area (Å²) in [5.74, 6) is -0.860. The van der Waals surface area contributed by atoms with Gasteiger partial charge in [0.15, 0.2) is 6.10 Å². The maximum absolute atomic E-state index is 12.9. The first-order valence-corrected chi connectivity index (χ1v) is 37.6. The zero-order valence-electron chi connectivity index (χ0n) is 58.9. The van der Waals surface area contributed by atoms with Gasteiger partial charge in [0.25, 0.3) is 7.82 Å². The van der Waals surface area contributed by atoms with Crippen LogP contribution in [0.15, 0.2) is 194 Å². The molecule has 0 rings (SSSR count). The molecular weight excluding hydrogens is 1160 g/mol. The highest BCUT2D eigenvalue weighted by atomic mass is 31.2. The number of allylic oxidation sites excluding steroid dienone is 32. The molecule has 0 radical (unpaired) electrons. The summed E-state index contributed by atoms with van der Waals surface area (Å²) in [7, 11) is 1.13. The monoisotopic (exact) mass is 1290 g/mol. The summed E-state index contributed by atoms with van der Waals surface area (Å²) in [5, 5.41) is 0. The van der Waals surface area contributed by atoms with E-state index in [-0.39, 0.29) is 26.1 Å². The van der Waals surface area contributed by atoms with Crippen LogP contribution in [0.4, 0.5) is 0 Å². The van der Waals surface area contributed by atoms with E-state index >= 15 is 0 Å². The number of ether oxygens (including phenoxy) is 2. The number of nitrogens with zero attached hydrogens (tertiary/aromatic N) is 1. The minimum Gasteiger partial charge on any atom is -0.756 e. The Morgan fingerprint density at radius 3 is 0.870 bits per heavy atom. The maximum atomic E-state index is 12.9. The second-order valence-corrected chi connectivity index (χ2v) is 25.9. The summed E-state index contributed by atoms with van der Waals surface area (Å²) in [6, 6.07) is 0. The van der Waals surface area contributed by atoms with E-state index in [9.17, 15) is 19.0 Å². The molecule has 2 unspecified atom stereocenters. The third kappa shape index (κ3) is 73.9. The van der Waals surface area contributed by atoms with Crippen LogP contribution in [-0.2, 0) is 32.7 Å². The summed E-state index contributed by atoms with van der Waals surface area (Å²) in [6.45, 7) is 3.98. The van der Waals surface area contributed by atoms with Crippen molar-refractivity contribution in [2.45, 2.75) is 264 Å². The molecule has 0 aromatic rings. The summed E-state index contributed by atoms with van der Waals surface area (Å²) in [6.07, 6.45) is 109. The predicted octanol–water partition coefficient (Wildman–Crippen LogP) is 23.4. The zero-order valence-corrected chi connectivity index (χ0v) is 59.8. The molecule has 0 spiro atoms. The molecule has 518 valence electrons. The highest BCUT2D eigenvalue weighted by Crippen LogP contribution is 2.38. The van der Waals surface area contributed by atoms with Crippen molar-refractivity contribution in [2.75, 3.05) is 47.5 Å². The van der Waals surface area contributed by atoms with E-state index in [1.165, 1.54) is 64.2 Å². The highest BCUT2D eigenvalue weighted by Gasteiger charge is 2.22. The first-order chi connectivity index (χ1) is 45.0. The summed E-state index contributed by atoms with van der Waals surface area (Å²) in [5.41, 5.74) is 0. The van der Waals surface area contributed by atoms with Crippen LogP contribution >= 0.6 is 7.82 Å². The highest BCUT2D eigenvalue weighted by molar-refractivity contribution is 7.45. The molecule has 0 heterocycles. The van der Waals surface area contributed by atoms with Gasteiger partial charge in [0.05, 0.1) is 27.7 Å². The largest absolute Gasteiger partial charge is 0.756 e. The van der Waals surface area contributed by atoms with Gasteiger partial charge in [-0.25, -0.2) is 0 Å². The molecule has 0 aromatic heterocycles. The van der Waals surface area contributed by atoms with Crippen molar-refractivity contribution in [3.63, 3.8) is 0 Å². The van der Waals surface area contributed by atoms with Crippen molar-refractivity contribution in [3.8, 4) is 0 Å². The number of esters is 2. The Balaban J connectivity index is 4.15. The summed E-state index contributed by atoms with van der Waals surface area (Å²) >= 11 is 0. The van der Waals surface area contributed by atoms with Crippen LogP contribution in [0.3, 0.4) is 0 Å². The van der Waals surface area contributed by atoms with Crippen LogP contribution < -0.4 is 4.89 Å². The fraction of sp³-hybridized carbons (Fsp3) is 0.585. The third-order valence-corrected chi connectivity index (χ3v) is 15.6. The molecule has 0 amide bonds. The van der Waals surface area contributed by atoms with Gasteiger partial charge in [0.1, 0.15) is 19.8 Å². The van der Waals surface area contributed by atoms with E-state index in [0.29, 0.717) is 23.9 Å². The fourth-order valence-corrected chi connectivity index (χ4v) is 9.89. The smallest absolute Gasteiger partial charge is 0.306 e. The third-order valence-electron chi connectivity index (χ3n) is 14.6. The number of carbonyl (C=O) groups is 2. The van der Waals surface area contributed by atoms with E-state index in [4.69, 9.17) is 18.5 Å². The van der Waals surface area contributed by atoms with Crippen molar-refractivity contribution in [3.05, 3.63) is 194 Å². The molecule has 0 saturated heterocycles. The van der Waals surface area contributed by atoms with Gasteiger partial charge in [-0.05, 0) is 141 Å². The molecular formula is C82H132NO8P. The Kier molecular flexibility index (Phi) is 66.2. The molecule has 0 aliphatic rings. The number of quaternary nitrogens is 1. The lowest BCUT2D eigenvalue weighted by Crippen LogP contribution is -2.37. The quantitative estimate of drug-likeness (QED) is 0.0195. The Morgan fingerprint density at radius 2 is 0.587 bits per heavy atom. The van der Waals surface area contributed by atoms with Crippen LogP contribution in [-0.4, -0.2) is 70.0 Å². The standard InChI is InChI=1S/C82H132NO8P/c1-6-8-10-12-14-16-18-20-22-24-26-28-30-32-34-36-38-40-41-43-45-47-49-51-53-55-57-59-61-63-65-67-69-71-73-75-82(85)91-80(79-90-92(86,87)89-77-76-83(3,4)5)78-88-81(84)74-72-70-68-66-64-62-60-58-56-54-52-50-48-46-44-42-39-37-35-33-31-29-27-25-23-21-19-17-15-13-11-9-7-2/h8-11,14-17,20-23,26-29,32-35,38-40,42-43,45-46,48-49,51-52,54,80H,6-7,12-13,18-19,24-25,30-31,36-37,41,44,47,50,53,55-79H2,1-5H3/b10-8-,11-9-,16-14-,17-15-,22-20-,23-21-,28-26-,29-27-,34-32-,35-33-,40-38-,42-39-,45-43-,48-46-,51-49-,54-52-. The Bertz CT molecular complexity index is 2260. The molecule has 0 aliphatic carbocycles. The van der Waals surface area contributed by atoms with E-state index in [0.717, 1.165) is 154 Å². The molecule has 0 bridgehead atoms. The molecule has 2 atom stereocenters. The molecule has 0 aromatic carbocycles. The molecule has 9 nitrogen and oxygen atoms in total. The van der Waals surface area contributed by atoms with Gasteiger partial charge in [-0.15, -0.1) is 0 Å². The van der Waals surface area contributed by atoms with E-state index in [2.05, 4.69) is 208 Å². The maximum Gasteiger partial charge on any atom is 0.306 e. The van der Waals surface area contributed by atoms with Gasteiger partial charge in [-0.2, -0.15) is 0 Å². The van der Waals surface area contributed by atoms with Gasteiger partial charge >= 0.3 is 11.9 Å². The number of rotatable bonds is 64. The van der Waals surface area contributed by atoms with Gasteiger partial charge in [-0.3, -0.25) is 14.2 Å². The Labute approximate surface area is 564 Å². The van der Waals surface area contributed by atoms with Crippen molar-refractivity contribution in [1.82, 2.24) is 0 Å².